The van der Waals surface area contributed by atoms with Gasteiger partial charge in [0, 0.05) is 40.3 Å². The highest BCUT2D eigenvalue weighted by Crippen LogP contribution is 2.33. The molecule has 6 rings (SSSR count). The molecule has 0 fully saturated rings. The van der Waals surface area contributed by atoms with E-state index in [0.29, 0.717) is 0 Å². The van der Waals surface area contributed by atoms with Crippen molar-refractivity contribution in [3.05, 3.63) is 182 Å². The fourth-order valence-corrected chi connectivity index (χ4v) is 5.28. The lowest BCUT2D eigenvalue weighted by Gasteiger charge is -2.23. The van der Waals surface area contributed by atoms with Crippen molar-refractivity contribution in [2.45, 2.75) is 12.8 Å². The smallest absolute Gasteiger partial charge is 0.135 e. The van der Waals surface area contributed by atoms with Crippen molar-refractivity contribution in [2.24, 2.45) is 0 Å². The number of furan rings is 2. The third-order valence-corrected chi connectivity index (χ3v) is 7.36. The molecule has 0 atom stereocenters. The van der Waals surface area contributed by atoms with Gasteiger partial charge in [0.15, 0.2) is 0 Å². The second kappa shape index (κ2) is 13.0. The number of aryl methyl sites for hydroxylation is 1. The normalized spacial score (nSPS) is 12.7. The molecule has 6 aromatic rings. The average Bonchev–Trinajstić information content (AvgIpc) is 3.65. The molecule has 3 heteroatoms. The van der Waals surface area contributed by atoms with Crippen LogP contribution in [0.5, 0.6) is 0 Å². The number of benzene rings is 4. The Bertz CT molecular complexity index is 1980. The quantitative estimate of drug-likeness (QED) is 0.148. The first-order valence-electron chi connectivity index (χ1n) is 14.5. The Kier molecular flexibility index (Phi) is 8.33. The number of rotatable bonds is 11. The summed E-state index contributed by atoms with van der Waals surface area (Å²) in [6.45, 7) is 7.93. The number of hydrogen-bond acceptors (Lipinski definition) is 3. The largest absolute Gasteiger partial charge is 0.464 e. The van der Waals surface area contributed by atoms with Crippen LogP contribution in [0.1, 0.15) is 17.7 Å². The Hall–Kier alpha value is -5.54. The van der Waals surface area contributed by atoms with Crippen LogP contribution in [0.25, 0.3) is 38.3 Å². The predicted octanol–water partition coefficient (Wildman–Crippen LogP) is 11.2. The van der Waals surface area contributed by atoms with Crippen molar-refractivity contribution in [1.29, 1.82) is 0 Å². The summed E-state index contributed by atoms with van der Waals surface area (Å²) < 4.78 is 12.1. The van der Waals surface area contributed by atoms with Crippen LogP contribution in [0, 0.1) is 0 Å². The van der Waals surface area contributed by atoms with Crippen LogP contribution in [0.15, 0.2) is 180 Å². The lowest BCUT2D eigenvalue weighted by atomic mass is 10.00. The Morgan fingerprint density at radius 1 is 0.767 bits per heavy atom. The molecule has 0 saturated heterocycles. The Labute approximate surface area is 252 Å². The van der Waals surface area contributed by atoms with E-state index >= 15 is 0 Å². The maximum Gasteiger partial charge on any atom is 0.135 e. The third-order valence-electron chi connectivity index (χ3n) is 7.36. The minimum absolute atomic E-state index is 0.811. The first-order chi connectivity index (χ1) is 21.2. The average molecular weight is 560 g/mol. The maximum atomic E-state index is 6.06. The monoisotopic (exact) mass is 559 g/mol. The number of nitrogens with zero attached hydrogens (tertiary/aromatic N) is 1. The maximum absolute atomic E-state index is 6.06. The van der Waals surface area contributed by atoms with Gasteiger partial charge < -0.3 is 13.7 Å². The highest BCUT2D eigenvalue weighted by Gasteiger charge is 2.14. The molecule has 0 bridgehead atoms. The molecule has 0 radical (unpaired) electrons. The molecule has 3 nitrogen and oxygen atoms in total. The van der Waals surface area contributed by atoms with E-state index < -0.39 is 0 Å². The zero-order valence-electron chi connectivity index (χ0n) is 24.0. The van der Waals surface area contributed by atoms with Gasteiger partial charge in [0.05, 0.1) is 6.26 Å². The van der Waals surface area contributed by atoms with E-state index in [0.717, 1.165) is 68.4 Å². The van der Waals surface area contributed by atoms with Crippen molar-refractivity contribution in [2.75, 3.05) is 4.90 Å². The standard InChI is InChI=1S/C40H33NO2/c1-3-5-19-35(25-32(15-4-2)38-29-42-40-28-31-17-10-9-16-30(31)27-37(38)40)41(34-20-7-6-8-21-34)24-14-13-22-36-26-33-18-11-12-23-39(33)43-36/h3-12,14-21,23-29H,1-2,13,22H2/b19-5-,24-14+,32-15-,35-25-. The van der Waals surface area contributed by atoms with Crippen molar-refractivity contribution in [1.82, 2.24) is 0 Å². The fourth-order valence-electron chi connectivity index (χ4n) is 5.28. The minimum Gasteiger partial charge on any atom is -0.464 e. The van der Waals surface area contributed by atoms with Gasteiger partial charge in [-0.2, -0.15) is 0 Å². The van der Waals surface area contributed by atoms with Crippen molar-refractivity contribution >= 4 is 44.0 Å². The first kappa shape index (κ1) is 27.6. The summed E-state index contributed by atoms with van der Waals surface area (Å²) >= 11 is 0. The lowest BCUT2D eigenvalue weighted by molar-refractivity contribution is 0.549. The summed E-state index contributed by atoms with van der Waals surface area (Å²) in [6, 6.07) is 33.2. The summed E-state index contributed by atoms with van der Waals surface area (Å²) in [5.41, 5.74) is 5.79. The van der Waals surface area contributed by atoms with Gasteiger partial charge in [0.1, 0.15) is 16.9 Å². The van der Waals surface area contributed by atoms with Gasteiger partial charge in [-0.25, -0.2) is 0 Å². The van der Waals surface area contributed by atoms with Crippen molar-refractivity contribution in [3.63, 3.8) is 0 Å². The predicted molar refractivity (Wildman–Crippen MR) is 182 cm³/mol. The van der Waals surface area contributed by atoms with E-state index in [1.54, 1.807) is 6.08 Å². The van der Waals surface area contributed by atoms with Crippen LogP contribution in [0.3, 0.4) is 0 Å². The van der Waals surface area contributed by atoms with E-state index in [1.807, 2.05) is 54.8 Å². The number of allylic oxidation sites excluding steroid dienone is 8. The van der Waals surface area contributed by atoms with Crippen molar-refractivity contribution < 1.29 is 8.83 Å². The molecule has 0 saturated carbocycles. The molecule has 2 heterocycles. The summed E-state index contributed by atoms with van der Waals surface area (Å²) in [5, 5.41) is 4.51. The van der Waals surface area contributed by atoms with E-state index in [-0.39, 0.29) is 0 Å². The third kappa shape index (κ3) is 6.22. The van der Waals surface area contributed by atoms with Crippen LogP contribution < -0.4 is 4.90 Å². The van der Waals surface area contributed by atoms with E-state index in [1.165, 1.54) is 5.39 Å². The number of fused-ring (bicyclic) bond motifs is 3. The highest BCUT2D eigenvalue weighted by molar-refractivity contribution is 6.02. The summed E-state index contributed by atoms with van der Waals surface area (Å²) in [4.78, 5) is 2.19. The molecule has 43 heavy (non-hydrogen) atoms. The van der Waals surface area contributed by atoms with Gasteiger partial charge in [0.25, 0.3) is 0 Å². The van der Waals surface area contributed by atoms with E-state index in [9.17, 15) is 0 Å². The van der Waals surface area contributed by atoms with E-state index in [2.05, 4.69) is 109 Å². The van der Waals surface area contributed by atoms with Gasteiger partial charge in [0.2, 0.25) is 0 Å². The fraction of sp³-hybridized carbons (Fsp3) is 0.0500. The van der Waals surface area contributed by atoms with Gasteiger partial charge in [-0.3, -0.25) is 0 Å². The van der Waals surface area contributed by atoms with Gasteiger partial charge >= 0.3 is 0 Å². The number of anilines is 1. The molecule has 0 aliphatic rings. The van der Waals surface area contributed by atoms with Gasteiger partial charge in [-0.15, -0.1) is 0 Å². The molecule has 0 amide bonds. The Balaban J connectivity index is 1.37. The van der Waals surface area contributed by atoms with E-state index in [4.69, 9.17) is 8.83 Å². The second-order valence-electron chi connectivity index (χ2n) is 10.2. The van der Waals surface area contributed by atoms with Crippen LogP contribution >= 0.6 is 0 Å². The molecule has 4 aromatic carbocycles. The minimum atomic E-state index is 0.811. The van der Waals surface area contributed by atoms with Crippen LogP contribution in [0.2, 0.25) is 0 Å². The summed E-state index contributed by atoms with van der Waals surface area (Å²) in [5.74, 6) is 0.981. The zero-order valence-corrected chi connectivity index (χ0v) is 24.0. The van der Waals surface area contributed by atoms with Crippen LogP contribution in [-0.4, -0.2) is 0 Å². The van der Waals surface area contributed by atoms with Crippen LogP contribution in [0.4, 0.5) is 5.69 Å². The molecular formula is C40H33NO2. The topological polar surface area (TPSA) is 29.5 Å². The molecule has 0 spiro atoms. The Morgan fingerprint density at radius 2 is 1.51 bits per heavy atom. The first-order valence-corrected chi connectivity index (χ1v) is 14.5. The van der Waals surface area contributed by atoms with Gasteiger partial charge in [-0.05, 0) is 71.3 Å². The molecular weight excluding hydrogens is 526 g/mol. The SMILES string of the molecule is C=C\C=C/C(=C/C(=C/C=C)c1coc2cc3ccccc3cc12)N(/C=C/CCc1cc2ccccc2o1)c1ccccc1. The number of hydrogen-bond donors (Lipinski definition) is 0. The lowest BCUT2D eigenvalue weighted by Crippen LogP contribution is -2.14. The summed E-state index contributed by atoms with van der Waals surface area (Å²) in [6.07, 6.45) is 19.6. The van der Waals surface area contributed by atoms with Gasteiger partial charge in [-0.1, -0.05) is 104 Å². The second-order valence-corrected chi connectivity index (χ2v) is 10.2. The Morgan fingerprint density at radius 3 is 2.28 bits per heavy atom. The molecule has 2 aromatic heterocycles. The summed E-state index contributed by atoms with van der Waals surface area (Å²) in [7, 11) is 0. The molecule has 0 N–H and O–H groups in total. The van der Waals surface area contributed by atoms with Crippen molar-refractivity contribution in [3.8, 4) is 0 Å². The highest BCUT2D eigenvalue weighted by atomic mass is 16.3. The molecule has 0 aliphatic heterocycles. The zero-order chi connectivity index (χ0) is 29.4. The van der Waals surface area contributed by atoms with Crippen LogP contribution in [-0.2, 0) is 6.42 Å². The molecule has 0 aliphatic carbocycles. The molecule has 0 unspecified atom stereocenters. The number of para-hydroxylation sites is 2. The molecule has 210 valence electrons.